The Balaban J connectivity index is 1.72. The van der Waals surface area contributed by atoms with Gasteiger partial charge in [-0.1, -0.05) is 29.8 Å². The van der Waals surface area contributed by atoms with Crippen molar-refractivity contribution in [3.05, 3.63) is 52.8 Å². The molecule has 2 atom stereocenters. The minimum atomic E-state index is 0.149. The molecule has 0 saturated carbocycles. The molecule has 0 N–H and O–H groups in total. The zero-order valence-electron chi connectivity index (χ0n) is 15.8. The molecule has 2 heterocycles. The molecule has 1 aromatic carbocycles. The maximum absolute atomic E-state index is 13.1. The number of hydrogen-bond acceptors (Lipinski definition) is 2. The van der Waals surface area contributed by atoms with Gasteiger partial charge in [0.15, 0.2) is 0 Å². The Bertz CT molecular complexity index is 732. The summed E-state index contributed by atoms with van der Waals surface area (Å²) in [6.45, 7) is 9.12. The van der Waals surface area contributed by atoms with Gasteiger partial charge in [-0.2, -0.15) is 5.10 Å². The van der Waals surface area contributed by atoms with E-state index >= 15 is 0 Å². The number of rotatable bonds is 5. The second-order valence-electron chi connectivity index (χ2n) is 7.28. The molecule has 0 spiro atoms. The lowest BCUT2D eigenvalue weighted by molar-refractivity contribution is 0.0672. The first-order chi connectivity index (χ1) is 12.0. The lowest BCUT2D eigenvalue weighted by atomic mass is 10.0. The zero-order valence-corrected chi connectivity index (χ0v) is 15.8. The molecule has 2 aromatic rings. The lowest BCUT2D eigenvalue weighted by Gasteiger charge is -2.28. The predicted molar refractivity (Wildman–Crippen MR) is 101 cm³/mol. The van der Waals surface area contributed by atoms with Gasteiger partial charge in [-0.3, -0.25) is 9.48 Å². The number of nitrogens with zero attached hydrogens (tertiary/aromatic N) is 3. The summed E-state index contributed by atoms with van der Waals surface area (Å²) in [7, 11) is 0. The lowest BCUT2D eigenvalue weighted by Crippen LogP contribution is -2.40. The highest BCUT2D eigenvalue weighted by Gasteiger charge is 2.35. The van der Waals surface area contributed by atoms with Crippen molar-refractivity contribution in [1.29, 1.82) is 0 Å². The monoisotopic (exact) mass is 339 g/mol. The number of likely N-dealkylation sites (tertiary alicyclic amines) is 1. The summed E-state index contributed by atoms with van der Waals surface area (Å²) in [5, 5.41) is 4.35. The first-order valence-corrected chi connectivity index (χ1v) is 9.41. The van der Waals surface area contributed by atoms with E-state index < -0.39 is 0 Å². The average molecular weight is 339 g/mol. The van der Waals surface area contributed by atoms with Crippen LogP contribution in [0.5, 0.6) is 0 Å². The predicted octanol–water partition coefficient (Wildman–Crippen LogP) is 4.15. The van der Waals surface area contributed by atoms with E-state index in [0.717, 1.165) is 43.5 Å². The molecule has 1 aliphatic heterocycles. The summed E-state index contributed by atoms with van der Waals surface area (Å²) in [6.07, 6.45) is 5.98. The zero-order chi connectivity index (χ0) is 18.0. The van der Waals surface area contributed by atoms with Crippen LogP contribution in [0.4, 0.5) is 0 Å². The smallest absolute Gasteiger partial charge is 0.257 e. The topological polar surface area (TPSA) is 38.1 Å². The Morgan fingerprint density at radius 3 is 2.56 bits per heavy atom. The first-order valence-electron chi connectivity index (χ1n) is 9.41. The van der Waals surface area contributed by atoms with Crippen LogP contribution in [0.2, 0.25) is 0 Å². The summed E-state index contributed by atoms with van der Waals surface area (Å²) in [5.41, 5.74) is 4.38. The second kappa shape index (κ2) is 7.42. The standard InChI is InChI=1S/C21H29N3O/c1-5-23-17(4)20(14-22-23)21(25)24-16(3)8-12-19(24)13-11-18-9-6-15(2)7-10-18/h6-7,9-10,14,16,19H,5,8,11-13H2,1-4H3/t16-,19-/m1/s1. The van der Waals surface area contributed by atoms with Gasteiger partial charge in [0, 0.05) is 24.3 Å². The normalized spacial score (nSPS) is 20.2. The van der Waals surface area contributed by atoms with E-state index in [1.165, 1.54) is 11.1 Å². The van der Waals surface area contributed by atoms with Crippen LogP contribution in [0.15, 0.2) is 30.5 Å². The number of carbonyl (C=O) groups excluding carboxylic acids is 1. The molecule has 4 nitrogen and oxygen atoms in total. The van der Waals surface area contributed by atoms with Gasteiger partial charge in [-0.25, -0.2) is 0 Å². The average Bonchev–Trinajstić information content (AvgIpc) is 3.16. The largest absolute Gasteiger partial charge is 0.333 e. The second-order valence-corrected chi connectivity index (χ2v) is 7.28. The molecule has 1 fully saturated rings. The van der Waals surface area contributed by atoms with Crippen molar-refractivity contribution in [3.8, 4) is 0 Å². The fourth-order valence-corrected chi connectivity index (χ4v) is 3.92. The molecule has 1 saturated heterocycles. The van der Waals surface area contributed by atoms with Crippen LogP contribution in [0.1, 0.15) is 60.3 Å². The highest BCUT2D eigenvalue weighted by atomic mass is 16.2. The van der Waals surface area contributed by atoms with Gasteiger partial charge in [0.1, 0.15) is 0 Å². The van der Waals surface area contributed by atoms with E-state index in [0.29, 0.717) is 12.1 Å². The molecular weight excluding hydrogens is 310 g/mol. The molecule has 0 aliphatic carbocycles. The van der Waals surface area contributed by atoms with Crippen molar-refractivity contribution in [2.45, 2.75) is 72.0 Å². The van der Waals surface area contributed by atoms with Gasteiger partial charge >= 0.3 is 0 Å². The number of hydrogen-bond donors (Lipinski definition) is 0. The SMILES string of the molecule is CCn1ncc(C(=O)N2[C@@H](CCc3ccc(C)cc3)CC[C@H]2C)c1C. The molecule has 1 aliphatic rings. The van der Waals surface area contributed by atoms with E-state index in [9.17, 15) is 4.79 Å². The van der Waals surface area contributed by atoms with Crippen molar-refractivity contribution in [3.63, 3.8) is 0 Å². The Morgan fingerprint density at radius 2 is 1.92 bits per heavy atom. The first kappa shape index (κ1) is 17.7. The molecule has 4 heteroatoms. The molecule has 1 aromatic heterocycles. The van der Waals surface area contributed by atoms with Crippen LogP contribution in [0.25, 0.3) is 0 Å². The fourth-order valence-electron chi connectivity index (χ4n) is 3.92. The van der Waals surface area contributed by atoms with Gasteiger partial charge in [-0.05, 0) is 58.9 Å². The third-order valence-corrected chi connectivity index (χ3v) is 5.54. The van der Waals surface area contributed by atoms with Crippen LogP contribution < -0.4 is 0 Å². The fraction of sp³-hybridized carbons (Fsp3) is 0.524. The molecule has 1 amide bonds. The minimum Gasteiger partial charge on any atom is -0.333 e. The molecule has 25 heavy (non-hydrogen) atoms. The molecular formula is C21H29N3O. The summed E-state index contributed by atoms with van der Waals surface area (Å²) in [4.78, 5) is 15.3. The summed E-state index contributed by atoms with van der Waals surface area (Å²) >= 11 is 0. The van der Waals surface area contributed by atoms with Gasteiger partial charge in [-0.15, -0.1) is 0 Å². The third-order valence-electron chi connectivity index (χ3n) is 5.54. The minimum absolute atomic E-state index is 0.149. The van der Waals surface area contributed by atoms with Crippen LogP contribution >= 0.6 is 0 Å². The van der Waals surface area contributed by atoms with E-state index in [2.05, 4.69) is 55.0 Å². The van der Waals surface area contributed by atoms with Crippen LogP contribution in [0, 0.1) is 13.8 Å². The number of aryl methyl sites for hydroxylation is 3. The third kappa shape index (κ3) is 3.63. The van der Waals surface area contributed by atoms with Crippen molar-refractivity contribution in [1.82, 2.24) is 14.7 Å². The number of carbonyl (C=O) groups is 1. The van der Waals surface area contributed by atoms with E-state index in [1.807, 2.05) is 11.6 Å². The van der Waals surface area contributed by atoms with Gasteiger partial charge in [0.2, 0.25) is 0 Å². The van der Waals surface area contributed by atoms with E-state index in [-0.39, 0.29) is 5.91 Å². The van der Waals surface area contributed by atoms with E-state index in [4.69, 9.17) is 0 Å². The van der Waals surface area contributed by atoms with Crippen LogP contribution in [-0.2, 0) is 13.0 Å². The summed E-state index contributed by atoms with van der Waals surface area (Å²) < 4.78 is 1.90. The highest BCUT2D eigenvalue weighted by molar-refractivity contribution is 5.95. The molecule has 0 unspecified atom stereocenters. The Kier molecular flexibility index (Phi) is 5.26. The Labute approximate surface area is 150 Å². The van der Waals surface area contributed by atoms with Gasteiger partial charge in [0.25, 0.3) is 5.91 Å². The van der Waals surface area contributed by atoms with Crippen molar-refractivity contribution >= 4 is 5.91 Å². The molecule has 0 radical (unpaired) electrons. The molecule has 134 valence electrons. The maximum Gasteiger partial charge on any atom is 0.257 e. The van der Waals surface area contributed by atoms with Crippen molar-refractivity contribution < 1.29 is 4.79 Å². The van der Waals surface area contributed by atoms with Gasteiger partial charge in [0.05, 0.1) is 11.8 Å². The maximum atomic E-state index is 13.1. The Morgan fingerprint density at radius 1 is 1.20 bits per heavy atom. The number of benzene rings is 1. The van der Waals surface area contributed by atoms with E-state index in [1.54, 1.807) is 6.20 Å². The summed E-state index contributed by atoms with van der Waals surface area (Å²) in [6, 6.07) is 9.37. The van der Waals surface area contributed by atoms with Crippen molar-refractivity contribution in [2.75, 3.05) is 0 Å². The molecule has 0 bridgehead atoms. The highest BCUT2D eigenvalue weighted by Crippen LogP contribution is 2.29. The van der Waals surface area contributed by atoms with Crippen LogP contribution in [-0.4, -0.2) is 32.7 Å². The summed E-state index contributed by atoms with van der Waals surface area (Å²) in [5.74, 6) is 0.149. The number of aromatic nitrogens is 2. The van der Waals surface area contributed by atoms with Gasteiger partial charge < -0.3 is 4.90 Å². The molecule has 3 rings (SSSR count). The number of amides is 1. The quantitative estimate of drug-likeness (QED) is 0.821. The van der Waals surface area contributed by atoms with Crippen molar-refractivity contribution in [2.24, 2.45) is 0 Å². The van der Waals surface area contributed by atoms with Crippen LogP contribution in [0.3, 0.4) is 0 Å². The Hall–Kier alpha value is -2.10.